The van der Waals surface area contributed by atoms with Gasteiger partial charge in [-0.25, -0.2) is 4.98 Å². The average molecular weight is 338 g/mol. The molecule has 2 aromatic rings. The Kier molecular flexibility index (Phi) is 4.46. The summed E-state index contributed by atoms with van der Waals surface area (Å²) in [5.41, 5.74) is 3.68. The average Bonchev–Trinajstić information content (AvgIpc) is 3.18. The first-order valence-electron chi connectivity index (χ1n) is 9.42. The lowest BCUT2D eigenvalue weighted by atomic mass is 9.76. The Labute approximate surface area is 148 Å². The first kappa shape index (κ1) is 16.5. The minimum atomic E-state index is -0.301. The van der Waals surface area contributed by atoms with Gasteiger partial charge in [-0.3, -0.25) is 0 Å². The van der Waals surface area contributed by atoms with Crippen LogP contribution in [-0.2, 0) is 4.79 Å². The summed E-state index contributed by atoms with van der Waals surface area (Å²) in [6.07, 6.45) is 9.14. The highest BCUT2D eigenvalue weighted by Gasteiger charge is 2.33. The lowest BCUT2D eigenvalue weighted by Gasteiger charge is -2.32. The zero-order valence-corrected chi connectivity index (χ0v) is 14.8. The van der Waals surface area contributed by atoms with Crippen molar-refractivity contribution in [1.82, 2.24) is 9.55 Å². The predicted octanol–water partition coefficient (Wildman–Crippen LogP) is 3.99. The van der Waals surface area contributed by atoms with Crippen LogP contribution in [-0.4, -0.2) is 26.5 Å². The lowest BCUT2D eigenvalue weighted by molar-refractivity contribution is -0.118. The molecule has 1 aromatic heterocycles. The Bertz CT molecular complexity index is 759. The maximum Gasteiger partial charge on any atom is 0.130 e. The van der Waals surface area contributed by atoms with Gasteiger partial charge in [0.15, 0.2) is 0 Å². The van der Waals surface area contributed by atoms with Gasteiger partial charge in [0, 0.05) is 12.0 Å². The Morgan fingerprint density at radius 1 is 1.28 bits per heavy atom. The number of benzene rings is 1. The zero-order chi connectivity index (χ0) is 17.4. The van der Waals surface area contributed by atoms with Crippen LogP contribution in [0.5, 0.6) is 0 Å². The van der Waals surface area contributed by atoms with E-state index in [1.54, 1.807) is 6.92 Å². The SMILES string of the molecule is CC(=O)CC1CCC(C(O)CC2c3ccccc3-c3cncn32)CC1. The molecule has 2 aliphatic rings. The molecule has 4 heteroatoms. The second kappa shape index (κ2) is 6.75. The van der Waals surface area contributed by atoms with E-state index in [1.165, 1.54) is 11.1 Å². The number of hydrogen-bond acceptors (Lipinski definition) is 3. The standard InChI is InChI=1S/C21H26N2O2/c1-14(24)10-15-6-8-16(9-7-15)21(25)11-19-17-4-2-3-5-18(17)20-12-22-13-23(19)20/h2-5,12-13,15-16,19,21,25H,6-11H2,1H3. The van der Waals surface area contributed by atoms with E-state index in [-0.39, 0.29) is 12.1 Å². The van der Waals surface area contributed by atoms with Crippen LogP contribution >= 0.6 is 0 Å². The molecular weight excluding hydrogens is 312 g/mol. The third-order valence-electron chi connectivity index (χ3n) is 6.07. The molecular formula is C21H26N2O2. The van der Waals surface area contributed by atoms with E-state index in [1.807, 2.05) is 12.5 Å². The largest absolute Gasteiger partial charge is 0.393 e. The Morgan fingerprint density at radius 2 is 2.04 bits per heavy atom. The van der Waals surface area contributed by atoms with E-state index in [0.29, 0.717) is 24.0 Å². The summed E-state index contributed by atoms with van der Waals surface area (Å²) < 4.78 is 2.20. The molecule has 0 saturated heterocycles. The fourth-order valence-corrected chi connectivity index (χ4v) is 4.78. The van der Waals surface area contributed by atoms with E-state index in [2.05, 4.69) is 33.8 Å². The molecule has 1 N–H and O–H groups in total. The van der Waals surface area contributed by atoms with Gasteiger partial charge in [0.2, 0.25) is 0 Å². The molecule has 1 aromatic carbocycles. The van der Waals surface area contributed by atoms with Crippen LogP contribution in [0.4, 0.5) is 0 Å². The van der Waals surface area contributed by atoms with Gasteiger partial charge in [0.1, 0.15) is 5.78 Å². The third kappa shape index (κ3) is 3.15. The number of fused-ring (bicyclic) bond motifs is 3. The first-order valence-corrected chi connectivity index (χ1v) is 9.42. The van der Waals surface area contributed by atoms with Gasteiger partial charge in [-0.1, -0.05) is 24.3 Å². The fourth-order valence-electron chi connectivity index (χ4n) is 4.78. The molecule has 0 radical (unpaired) electrons. The van der Waals surface area contributed by atoms with Crippen LogP contribution in [0.25, 0.3) is 11.3 Å². The van der Waals surface area contributed by atoms with Crippen molar-refractivity contribution in [2.24, 2.45) is 11.8 Å². The monoisotopic (exact) mass is 338 g/mol. The van der Waals surface area contributed by atoms with Crippen LogP contribution < -0.4 is 0 Å². The molecule has 2 atom stereocenters. The van der Waals surface area contributed by atoms with Gasteiger partial charge in [-0.2, -0.15) is 0 Å². The highest BCUT2D eigenvalue weighted by atomic mass is 16.3. The van der Waals surface area contributed by atoms with E-state index in [4.69, 9.17) is 0 Å². The maximum atomic E-state index is 11.3. The molecule has 0 bridgehead atoms. The van der Waals surface area contributed by atoms with Crippen LogP contribution in [0.1, 0.15) is 57.1 Å². The molecule has 1 fully saturated rings. The number of carbonyl (C=O) groups excluding carboxylic acids is 1. The number of aromatic nitrogens is 2. The molecule has 4 nitrogen and oxygen atoms in total. The molecule has 2 unspecified atom stereocenters. The summed E-state index contributed by atoms with van der Waals surface area (Å²) in [5, 5.41) is 10.9. The molecule has 1 saturated carbocycles. The van der Waals surface area contributed by atoms with Gasteiger partial charge in [0.25, 0.3) is 0 Å². The summed E-state index contributed by atoms with van der Waals surface area (Å²) in [6, 6.07) is 8.63. The Balaban J connectivity index is 1.44. The van der Waals surface area contributed by atoms with Gasteiger partial charge >= 0.3 is 0 Å². The van der Waals surface area contributed by atoms with Crippen LogP contribution in [0.15, 0.2) is 36.8 Å². The van der Waals surface area contributed by atoms with Gasteiger partial charge < -0.3 is 14.5 Å². The van der Waals surface area contributed by atoms with Crippen molar-refractivity contribution in [3.8, 4) is 11.3 Å². The first-order chi connectivity index (χ1) is 12.1. The van der Waals surface area contributed by atoms with E-state index in [9.17, 15) is 9.90 Å². The molecule has 4 rings (SSSR count). The van der Waals surface area contributed by atoms with Crippen molar-refractivity contribution in [2.45, 2.75) is 57.6 Å². The Hall–Kier alpha value is -1.94. The molecule has 0 amide bonds. The van der Waals surface area contributed by atoms with Gasteiger partial charge in [-0.05, 0) is 56.4 Å². The molecule has 2 heterocycles. The summed E-state index contributed by atoms with van der Waals surface area (Å²) >= 11 is 0. The summed E-state index contributed by atoms with van der Waals surface area (Å²) in [6.45, 7) is 1.68. The fraction of sp³-hybridized carbons (Fsp3) is 0.524. The van der Waals surface area contributed by atoms with Crippen molar-refractivity contribution >= 4 is 5.78 Å². The van der Waals surface area contributed by atoms with Crippen molar-refractivity contribution in [2.75, 3.05) is 0 Å². The summed E-state index contributed by atoms with van der Waals surface area (Å²) in [7, 11) is 0. The van der Waals surface area contributed by atoms with Crippen molar-refractivity contribution < 1.29 is 9.90 Å². The lowest BCUT2D eigenvalue weighted by Crippen LogP contribution is -2.28. The van der Waals surface area contributed by atoms with Gasteiger partial charge in [-0.15, -0.1) is 0 Å². The number of carbonyl (C=O) groups is 1. The summed E-state index contributed by atoms with van der Waals surface area (Å²) in [4.78, 5) is 15.6. The minimum Gasteiger partial charge on any atom is -0.393 e. The highest BCUT2D eigenvalue weighted by Crippen LogP contribution is 2.43. The molecule has 0 spiro atoms. The molecule has 25 heavy (non-hydrogen) atoms. The normalized spacial score (nSPS) is 26.1. The van der Waals surface area contributed by atoms with Crippen molar-refractivity contribution in [3.05, 3.63) is 42.4 Å². The smallest absolute Gasteiger partial charge is 0.130 e. The van der Waals surface area contributed by atoms with E-state index in [0.717, 1.165) is 37.8 Å². The number of imidazole rings is 1. The second-order valence-corrected chi connectivity index (χ2v) is 7.78. The topological polar surface area (TPSA) is 55.1 Å². The quantitative estimate of drug-likeness (QED) is 0.897. The van der Waals surface area contributed by atoms with Crippen LogP contribution in [0.2, 0.25) is 0 Å². The van der Waals surface area contributed by atoms with Crippen LogP contribution in [0.3, 0.4) is 0 Å². The summed E-state index contributed by atoms with van der Waals surface area (Å²) in [5.74, 6) is 1.16. The molecule has 132 valence electrons. The van der Waals surface area contributed by atoms with E-state index < -0.39 is 0 Å². The second-order valence-electron chi connectivity index (χ2n) is 7.78. The number of ketones is 1. The highest BCUT2D eigenvalue weighted by molar-refractivity contribution is 5.75. The number of aliphatic hydroxyl groups excluding tert-OH is 1. The number of hydrogen-bond donors (Lipinski definition) is 1. The third-order valence-corrected chi connectivity index (χ3v) is 6.07. The predicted molar refractivity (Wildman–Crippen MR) is 97.2 cm³/mol. The van der Waals surface area contributed by atoms with Gasteiger partial charge in [0.05, 0.1) is 30.4 Å². The van der Waals surface area contributed by atoms with Crippen LogP contribution in [0, 0.1) is 11.8 Å². The minimum absolute atomic E-state index is 0.179. The van der Waals surface area contributed by atoms with Crippen molar-refractivity contribution in [1.29, 1.82) is 0 Å². The Morgan fingerprint density at radius 3 is 2.80 bits per heavy atom. The zero-order valence-electron chi connectivity index (χ0n) is 14.8. The van der Waals surface area contributed by atoms with Crippen molar-refractivity contribution in [3.63, 3.8) is 0 Å². The molecule has 1 aliphatic heterocycles. The maximum absolute atomic E-state index is 11.3. The number of Topliss-reactive ketones (excluding diaryl/α,β-unsaturated/α-hetero) is 1. The number of rotatable bonds is 5. The molecule has 1 aliphatic carbocycles. The number of nitrogens with zero attached hydrogens (tertiary/aromatic N) is 2. The number of aliphatic hydroxyl groups is 1. The van der Waals surface area contributed by atoms with E-state index >= 15 is 0 Å².